The van der Waals surface area contributed by atoms with Crippen LogP contribution in [0.3, 0.4) is 0 Å². The first-order valence-corrected chi connectivity index (χ1v) is 8.63. The lowest BCUT2D eigenvalue weighted by atomic mass is 9.78. The van der Waals surface area contributed by atoms with Crippen LogP contribution in [0.25, 0.3) is 0 Å². The number of aryl methyl sites for hydroxylation is 2. The van der Waals surface area contributed by atoms with Crippen LogP contribution in [0.2, 0.25) is 0 Å². The van der Waals surface area contributed by atoms with E-state index in [9.17, 15) is 18.3 Å². The van der Waals surface area contributed by atoms with Gasteiger partial charge in [0.1, 0.15) is 0 Å². The van der Waals surface area contributed by atoms with Crippen LogP contribution in [0.5, 0.6) is 0 Å². The molecule has 1 saturated carbocycles. The zero-order chi connectivity index (χ0) is 15.1. The normalized spacial score (nSPS) is 18.1. The first-order valence-electron chi connectivity index (χ1n) is 6.74. The molecule has 0 radical (unpaired) electrons. The van der Waals surface area contributed by atoms with Crippen molar-refractivity contribution in [2.24, 2.45) is 0 Å². The Kier molecular flexibility index (Phi) is 3.67. The molecule has 0 bridgehead atoms. The fraction of sp³-hybridized carbons (Fsp3) is 0.533. The molecule has 1 aliphatic rings. The maximum absolute atomic E-state index is 12.0. The monoisotopic (exact) mass is 296 g/mol. The van der Waals surface area contributed by atoms with E-state index in [-0.39, 0.29) is 4.90 Å². The van der Waals surface area contributed by atoms with Crippen molar-refractivity contribution in [1.29, 1.82) is 0 Å². The van der Waals surface area contributed by atoms with Gasteiger partial charge in [0, 0.05) is 6.26 Å². The highest BCUT2D eigenvalue weighted by atomic mass is 32.2. The molecular formula is C15H20O4S. The Morgan fingerprint density at radius 2 is 1.65 bits per heavy atom. The summed E-state index contributed by atoms with van der Waals surface area (Å²) >= 11 is 0. The van der Waals surface area contributed by atoms with Crippen LogP contribution in [0, 0.1) is 13.8 Å². The Morgan fingerprint density at radius 3 is 2.10 bits per heavy atom. The van der Waals surface area contributed by atoms with Gasteiger partial charge in [0.25, 0.3) is 0 Å². The molecule has 0 spiro atoms. The van der Waals surface area contributed by atoms with Crippen molar-refractivity contribution < 1.29 is 18.3 Å². The van der Waals surface area contributed by atoms with Gasteiger partial charge in [0.2, 0.25) is 0 Å². The molecule has 20 heavy (non-hydrogen) atoms. The molecule has 0 saturated heterocycles. The average molecular weight is 296 g/mol. The molecule has 4 nitrogen and oxygen atoms in total. The van der Waals surface area contributed by atoms with Gasteiger partial charge < -0.3 is 5.11 Å². The highest BCUT2D eigenvalue weighted by Crippen LogP contribution is 2.44. The van der Waals surface area contributed by atoms with Crippen LogP contribution >= 0.6 is 0 Å². The van der Waals surface area contributed by atoms with E-state index >= 15 is 0 Å². The molecule has 1 aromatic carbocycles. The summed E-state index contributed by atoms with van der Waals surface area (Å²) in [4.78, 5) is 12.0. The van der Waals surface area contributed by atoms with Gasteiger partial charge in [-0.15, -0.1) is 0 Å². The minimum Gasteiger partial charge on any atom is -0.481 e. The van der Waals surface area contributed by atoms with E-state index in [0.29, 0.717) is 18.4 Å². The second kappa shape index (κ2) is 4.88. The van der Waals surface area contributed by atoms with E-state index in [1.165, 1.54) is 0 Å². The molecule has 5 heteroatoms. The molecule has 0 heterocycles. The van der Waals surface area contributed by atoms with Crippen molar-refractivity contribution in [2.75, 3.05) is 6.26 Å². The molecule has 0 atom stereocenters. The average Bonchev–Trinajstić information content (AvgIpc) is 2.81. The summed E-state index contributed by atoms with van der Waals surface area (Å²) < 4.78 is 24.1. The van der Waals surface area contributed by atoms with Gasteiger partial charge in [-0.3, -0.25) is 4.79 Å². The van der Waals surface area contributed by atoms with Gasteiger partial charge in [-0.2, -0.15) is 0 Å². The van der Waals surface area contributed by atoms with E-state index < -0.39 is 21.2 Å². The first-order chi connectivity index (χ1) is 9.18. The SMILES string of the molecule is Cc1cc(C2(C(=O)O)CCCC2)c(S(C)(=O)=O)cc1C. The van der Waals surface area contributed by atoms with Gasteiger partial charge in [-0.25, -0.2) is 8.42 Å². The maximum Gasteiger partial charge on any atom is 0.314 e. The van der Waals surface area contributed by atoms with Crippen molar-refractivity contribution >= 4 is 15.8 Å². The van der Waals surface area contributed by atoms with E-state index in [1.807, 2.05) is 13.8 Å². The molecule has 0 amide bonds. The Labute approximate surface area is 119 Å². The van der Waals surface area contributed by atoms with Gasteiger partial charge in [-0.05, 0) is 49.4 Å². The summed E-state index contributed by atoms with van der Waals surface area (Å²) in [6, 6.07) is 3.37. The summed E-state index contributed by atoms with van der Waals surface area (Å²) in [7, 11) is -3.45. The van der Waals surface area contributed by atoms with E-state index in [0.717, 1.165) is 30.2 Å². The molecule has 1 aromatic rings. The summed E-state index contributed by atoms with van der Waals surface area (Å²) in [6.07, 6.45) is 3.80. The molecule has 1 N–H and O–H groups in total. The summed E-state index contributed by atoms with van der Waals surface area (Å²) in [5.41, 5.74) is 1.22. The van der Waals surface area contributed by atoms with Crippen LogP contribution in [-0.4, -0.2) is 25.7 Å². The lowest BCUT2D eigenvalue weighted by molar-refractivity contribution is -0.143. The topological polar surface area (TPSA) is 71.4 Å². The predicted molar refractivity (Wildman–Crippen MR) is 76.8 cm³/mol. The zero-order valence-electron chi connectivity index (χ0n) is 12.1. The third-order valence-corrected chi connectivity index (χ3v) is 5.51. The fourth-order valence-electron chi connectivity index (χ4n) is 3.05. The van der Waals surface area contributed by atoms with E-state index in [1.54, 1.807) is 12.1 Å². The molecule has 0 unspecified atom stereocenters. The third-order valence-electron chi connectivity index (χ3n) is 4.38. The summed E-state index contributed by atoms with van der Waals surface area (Å²) in [5, 5.41) is 9.67. The van der Waals surface area contributed by atoms with Crippen molar-refractivity contribution in [3.63, 3.8) is 0 Å². The van der Waals surface area contributed by atoms with Gasteiger partial charge in [-0.1, -0.05) is 18.9 Å². The minimum atomic E-state index is -3.45. The highest BCUT2D eigenvalue weighted by Gasteiger charge is 2.45. The number of carbonyl (C=O) groups is 1. The number of benzene rings is 1. The lowest BCUT2D eigenvalue weighted by Gasteiger charge is -2.27. The molecule has 0 aromatic heterocycles. The second-order valence-electron chi connectivity index (χ2n) is 5.80. The van der Waals surface area contributed by atoms with Crippen LogP contribution in [-0.2, 0) is 20.0 Å². The first kappa shape index (κ1) is 15.0. The standard InChI is InChI=1S/C15H20O4S/c1-10-8-12(13(9-11(10)2)20(3,18)19)15(14(16)17)6-4-5-7-15/h8-9H,4-7H2,1-3H3,(H,16,17). The summed E-state index contributed by atoms with van der Waals surface area (Å²) in [5.74, 6) is -0.914. The minimum absolute atomic E-state index is 0.171. The van der Waals surface area contributed by atoms with E-state index in [4.69, 9.17) is 0 Å². The number of sulfone groups is 1. The highest BCUT2D eigenvalue weighted by molar-refractivity contribution is 7.90. The van der Waals surface area contributed by atoms with Crippen LogP contribution < -0.4 is 0 Å². The summed E-state index contributed by atoms with van der Waals surface area (Å²) in [6.45, 7) is 3.73. The van der Waals surface area contributed by atoms with Crippen molar-refractivity contribution in [2.45, 2.75) is 49.8 Å². The molecule has 2 rings (SSSR count). The molecular weight excluding hydrogens is 276 g/mol. The maximum atomic E-state index is 12.0. The molecule has 1 fully saturated rings. The van der Waals surface area contributed by atoms with Gasteiger partial charge >= 0.3 is 5.97 Å². The Hall–Kier alpha value is -1.36. The van der Waals surface area contributed by atoms with E-state index in [2.05, 4.69) is 0 Å². The largest absolute Gasteiger partial charge is 0.481 e. The number of carboxylic acid groups (broad SMARTS) is 1. The van der Waals surface area contributed by atoms with Gasteiger partial charge in [0.15, 0.2) is 9.84 Å². The van der Waals surface area contributed by atoms with Crippen LogP contribution in [0.15, 0.2) is 17.0 Å². The molecule has 0 aliphatic heterocycles. The van der Waals surface area contributed by atoms with Crippen LogP contribution in [0.4, 0.5) is 0 Å². The number of aliphatic carboxylic acids is 1. The second-order valence-corrected chi connectivity index (χ2v) is 7.78. The number of rotatable bonds is 3. The smallest absolute Gasteiger partial charge is 0.314 e. The number of hydrogen-bond acceptors (Lipinski definition) is 3. The molecule has 1 aliphatic carbocycles. The predicted octanol–water partition coefficient (Wildman–Crippen LogP) is 2.60. The quantitative estimate of drug-likeness (QED) is 0.930. The van der Waals surface area contributed by atoms with Crippen molar-refractivity contribution in [3.8, 4) is 0 Å². The number of hydrogen-bond donors (Lipinski definition) is 1. The van der Waals surface area contributed by atoms with Crippen molar-refractivity contribution in [3.05, 3.63) is 28.8 Å². The Bertz CT molecular complexity index is 653. The zero-order valence-corrected chi connectivity index (χ0v) is 12.9. The fourth-order valence-corrected chi connectivity index (χ4v) is 4.09. The van der Waals surface area contributed by atoms with Crippen molar-refractivity contribution in [1.82, 2.24) is 0 Å². The van der Waals surface area contributed by atoms with Gasteiger partial charge in [0.05, 0.1) is 10.3 Å². The molecule has 110 valence electrons. The lowest BCUT2D eigenvalue weighted by Crippen LogP contribution is -2.34. The Balaban J connectivity index is 2.79. The Morgan fingerprint density at radius 1 is 1.15 bits per heavy atom. The third kappa shape index (κ3) is 2.35. The van der Waals surface area contributed by atoms with Crippen LogP contribution in [0.1, 0.15) is 42.4 Å². The number of carboxylic acids is 1.